The standard InChI is InChI=1S/C28H44O2/c1-23(2,3)19-15-13-16-20(22(19)25(7,8)9)27(26(10,11)12)18-14-17-21(24(4,5)6)28(27,29)30/h13-18,29-30H,1-12H3. The second-order valence-electron chi connectivity index (χ2n) is 13.1. The lowest BCUT2D eigenvalue weighted by molar-refractivity contribution is -0.204. The first kappa shape index (κ1) is 24.9. The molecular formula is C28H44O2. The van der Waals surface area contributed by atoms with Crippen LogP contribution in [0.25, 0.3) is 0 Å². The van der Waals surface area contributed by atoms with Crippen LogP contribution in [0, 0.1) is 10.8 Å². The van der Waals surface area contributed by atoms with Crippen LogP contribution in [0.4, 0.5) is 0 Å². The van der Waals surface area contributed by atoms with Gasteiger partial charge < -0.3 is 10.2 Å². The molecular weight excluding hydrogens is 368 g/mol. The summed E-state index contributed by atoms with van der Waals surface area (Å²) in [6.07, 6.45) is 5.93. The van der Waals surface area contributed by atoms with Crippen LogP contribution in [0.5, 0.6) is 0 Å². The van der Waals surface area contributed by atoms with Crippen molar-refractivity contribution in [1.82, 2.24) is 0 Å². The molecule has 0 aliphatic heterocycles. The Bertz CT molecular complexity index is 856. The summed E-state index contributed by atoms with van der Waals surface area (Å²) in [5.74, 6) is -2.02. The van der Waals surface area contributed by atoms with Crippen molar-refractivity contribution in [3.8, 4) is 0 Å². The molecule has 1 atom stereocenters. The van der Waals surface area contributed by atoms with Crippen LogP contribution in [-0.4, -0.2) is 16.0 Å². The summed E-state index contributed by atoms with van der Waals surface area (Å²) >= 11 is 0. The molecule has 0 saturated carbocycles. The van der Waals surface area contributed by atoms with E-state index in [1.165, 1.54) is 11.1 Å². The summed E-state index contributed by atoms with van der Waals surface area (Å²) < 4.78 is 0. The van der Waals surface area contributed by atoms with Gasteiger partial charge in [0.05, 0.1) is 5.41 Å². The van der Waals surface area contributed by atoms with E-state index in [4.69, 9.17) is 0 Å². The van der Waals surface area contributed by atoms with E-state index in [-0.39, 0.29) is 16.2 Å². The van der Waals surface area contributed by atoms with Crippen molar-refractivity contribution in [1.29, 1.82) is 0 Å². The van der Waals surface area contributed by atoms with E-state index >= 15 is 0 Å². The van der Waals surface area contributed by atoms with Crippen molar-refractivity contribution >= 4 is 0 Å². The zero-order valence-electron chi connectivity index (χ0n) is 21.4. The Morgan fingerprint density at radius 2 is 1.23 bits per heavy atom. The van der Waals surface area contributed by atoms with Gasteiger partial charge in [0.25, 0.3) is 0 Å². The highest BCUT2D eigenvalue weighted by molar-refractivity contribution is 5.55. The number of hydrogen-bond acceptors (Lipinski definition) is 2. The molecule has 2 heteroatoms. The zero-order chi connectivity index (χ0) is 23.6. The molecule has 0 bridgehead atoms. The molecule has 1 aromatic rings. The monoisotopic (exact) mass is 412 g/mol. The van der Waals surface area contributed by atoms with Gasteiger partial charge in [-0.05, 0) is 43.9 Å². The molecule has 1 unspecified atom stereocenters. The van der Waals surface area contributed by atoms with Crippen LogP contribution in [-0.2, 0) is 16.2 Å². The second-order valence-corrected chi connectivity index (χ2v) is 13.1. The van der Waals surface area contributed by atoms with Crippen LogP contribution in [0.3, 0.4) is 0 Å². The third-order valence-electron chi connectivity index (χ3n) is 6.57. The van der Waals surface area contributed by atoms with Gasteiger partial charge in [0.15, 0.2) is 0 Å². The Hall–Kier alpha value is -1.38. The summed E-state index contributed by atoms with van der Waals surface area (Å²) in [6, 6.07) is 6.39. The normalized spacial score (nSPS) is 22.8. The van der Waals surface area contributed by atoms with E-state index < -0.39 is 16.6 Å². The molecule has 1 aliphatic rings. The second kappa shape index (κ2) is 7.07. The van der Waals surface area contributed by atoms with Crippen LogP contribution in [0.2, 0.25) is 0 Å². The molecule has 2 rings (SSSR count). The largest absolute Gasteiger partial charge is 0.361 e. The molecule has 0 aromatic heterocycles. The maximum atomic E-state index is 12.0. The highest BCUT2D eigenvalue weighted by Gasteiger charge is 2.61. The lowest BCUT2D eigenvalue weighted by atomic mass is 9.51. The summed E-state index contributed by atoms with van der Waals surface area (Å²) in [4.78, 5) is 0. The topological polar surface area (TPSA) is 40.5 Å². The van der Waals surface area contributed by atoms with E-state index in [2.05, 4.69) is 80.5 Å². The van der Waals surface area contributed by atoms with E-state index in [9.17, 15) is 10.2 Å². The van der Waals surface area contributed by atoms with Crippen molar-refractivity contribution in [2.45, 2.75) is 105 Å². The highest BCUT2D eigenvalue weighted by atomic mass is 16.5. The zero-order valence-corrected chi connectivity index (χ0v) is 21.4. The van der Waals surface area contributed by atoms with Gasteiger partial charge in [-0.1, -0.05) is 120 Å². The van der Waals surface area contributed by atoms with Crippen molar-refractivity contribution < 1.29 is 10.2 Å². The SMILES string of the molecule is CC(C)(C)C1=CC=CC(c2cccc(C(C)(C)C)c2C(C)(C)C)(C(C)(C)C)C1(O)O. The molecule has 0 spiro atoms. The van der Waals surface area contributed by atoms with Crippen LogP contribution in [0.1, 0.15) is 99.8 Å². The minimum atomic E-state index is -2.02. The lowest BCUT2D eigenvalue weighted by Gasteiger charge is -2.56. The van der Waals surface area contributed by atoms with Gasteiger partial charge in [0.1, 0.15) is 0 Å². The van der Waals surface area contributed by atoms with Gasteiger partial charge in [-0.2, -0.15) is 0 Å². The minimum Gasteiger partial charge on any atom is -0.361 e. The Morgan fingerprint density at radius 3 is 1.63 bits per heavy atom. The number of hydrogen-bond donors (Lipinski definition) is 2. The van der Waals surface area contributed by atoms with Gasteiger partial charge in [-0.25, -0.2) is 0 Å². The Balaban J connectivity index is 3.08. The summed E-state index contributed by atoms with van der Waals surface area (Å²) in [5.41, 5.74) is 2.06. The first-order valence-corrected chi connectivity index (χ1v) is 11.2. The summed E-state index contributed by atoms with van der Waals surface area (Å²) in [6.45, 7) is 25.8. The number of benzene rings is 1. The fraction of sp³-hybridized carbons (Fsp3) is 0.643. The third kappa shape index (κ3) is 3.82. The molecule has 2 nitrogen and oxygen atoms in total. The van der Waals surface area contributed by atoms with E-state index in [1.54, 1.807) is 0 Å². The molecule has 168 valence electrons. The predicted octanol–water partition coefficient (Wildman–Crippen LogP) is 6.79. The Morgan fingerprint density at radius 1 is 0.700 bits per heavy atom. The maximum absolute atomic E-state index is 12.0. The third-order valence-corrected chi connectivity index (χ3v) is 6.57. The van der Waals surface area contributed by atoms with Gasteiger partial charge in [-0.3, -0.25) is 0 Å². The molecule has 0 saturated heterocycles. The molecule has 0 amide bonds. The fourth-order valence-corrected chi connectivity index (χ4v) is 5.27. The molecule has 0 fully saturated rings. The molecule has 1 aromatic carbocycles. The molecule has 0 radical (unpaired) electrons. The average molecular weight is 413 g/mol. The van der Waals surface area contributed by atoms with E-state index in [0.717, 1.165) is 5.56 Å². The molecule has 1 aliphatic carbocycles. The number of aliphatic hydroxyl groups is 2. The van der Waals surface area contributed by atoms with Crippen molar-refractivity contribution in [3.05, 3.63) is 58.7 Å². The summed E-state index contributed by atoms with van der Waals surface area (Å²) in [7, 11) is 0. The van der Waals surface area contributed by atoms with Gasteiger partial charge in [-0.15, -0.1) is 0 Å². The maximum Gasteiger partial charge on any atom is 0.200 e. The van der Waals surface area contributed by atoms with Crippen molar-refractivity contribution in [2.75, 3.05) is 0 Å². The van der Waals surface area contributed by atoms with Gasteiger partial charge >= 0.3 is 0 Å². The van der Waals surface area contributed by atoms with E-state index in [0.29, 0.717) is 5.57 Å². The minimum absolute atomic E-state index is 0.0631. The number of rotatable bonds is 1. The molecule has 2 N–H and O–H groups in total. The fourth-order valence-electron chi connectivity index (χ4n) is 5.27. The Kier molecular flexibility index (Phi) is 5.86. The van der Waals surface area contributed by atoms with Gasteiger partial charge in [0.2, 0.25) is 5.79 Å². The Labute approximate surface area is 185 Å². The first-order valence-electron chi connectivity index (χ1n) is 11.2. The van der Waals surface area contributed by atoms with Crippen LogP contribution in [0.15, 0.2) is 42.0 Å². The lowest BCUT2D eigenvalue weighted by Crippen LogP contribution is -2.62. The van der Waals surface area contributed by atoms with Crippen molar-refractivity contribution in [3.63, 3.8) is 0 Å². The smallest absolute Gasteiger partial charge is 0.200 e. The quantitative estimate of drug-likeness (QED) is 0.499. The summed E-state index contributed by atoms with van der Waals surface area (Å²) in [5, 5.41) is 24.0. The van der Waals surface area contributed by atoms with Gasteiger partial charge in [0, 0.05) is 0 Å². The average Bonchev–Trinajstić information content (AvgIpc) is 2.49. The van der Waals surface area contributed by atoms with Crippen LogP contribution >= 0.6 is 0 Å². The first-order chi connectivity index (χ1) is 13.2. The number of allylic oxidation sites excluding steroid dienone is 2. The highest BCUT2D eigenvalue weighted by Crippen LogP contribution is 2.58. The molecule has 0 heterocycles. The predicted molar refractivity (Wildman–Crippen MR) is 129 cm³/mol. The van der Waals surface area contributed by atoms with Crippen molar-refractivity contribution in [2.24, 2.45) is 10.8 Å². The molecule has 30 heavy (non-hydrogen) atoms. The van der Waals surface area contributed by atoms with Crippen LogP contribution < -0.4 is 0 Å². The van der Waals surface area contributed by atoms with E-state index in [1.807, 2.05) is 39.0 Å².